The van der Waals surface area contributed by atoms with E-state index in [0.717, 1.165) is 17.5 Å². The Balaban J connectivity index is 1.41. The number of rotatable bonds is 7. The van der Waals surface area contributed by atoms with Crippen molar-refractivity contribution in [3.05, 3.63) is 78.2 Å². The average Bonchev–Trinajstić information content (AvgIpc) is 3.24. The van der Waals surface area contributed by atoms with Crippen LogP contribution in [0.3, 0.4) is 0 Å². The maximum Gasteiger partial charge on any atom is 0.414 e. The molecule has 3 aromatic heterocycles. The van der Waals surface area contributed by atoms with Crippen LogP contribution in [0, 0.1) is 0 Å². The van der Waals surface area contributed by atoms with Crippen LogP contribution in [0.1, 0.15) is 56.0 Å². The number of nitrogens with zero attached hydrogens (tertiary/aromatic N) is 4. The van der Waals surface area contributed by atoms with Crippen LogP contribution < -0.4 is 10.6 Å². The number of anilines is 1. The number of nitrogens with one attached hydrogen (secondary N) is 2. The Labute approximate surface area is 209 Å². The number of amides is 2. The summed E-state index contributed by atoms with van der Waals surface area (Å²) in [7, 11) is 0. The Morgan fingerprint density at radius 2 is 1.83 bits per heavy atom. The van der Waals surface area contributed by atoms with Crippen molar-refractivity contribution in [1.82, 2.24) is 24.9 Å². The van der Waals surface area contributed by atoms with Crippen molar-refractivity contribution >= 4 is 23.6 Å². The zero-order chi connectivity index (χ0) is 25.7. The summed E-state index contributed by atoms with van der Waals surface area (Å²) in [5.41, 5.74) is 3.23. The Hall–Kier alpha value is -4.27. The Morgan fingerprint density at radius 3 is 2.58 bits per heavy atom. The number of ether oxygens (including phenoxy) is 1. The maximum absolute atomic E-state index is 12.7. The van der Waals surface area contributed by atoms with E-state index in [-0.39, 0.29) is 11.9 Å². The first-order valence-electron chi connectivity index (χ1n) is 11.8. The fourth-order valence-electron chi connectivity index (χ4n) is 3.68. The molecule has 3 heterocycles. The molecule has 1 unspecified atom stereocenters. The van der Waals surface area contributed by atoms with Crippen molar-refractivity contribution < 1.29 is 14.3 Å². The first-order chi connectivity index (χ1) is 17.2. The standard InChI is InChI=1S/C27H30N6O3/c1-18(19-8-6-5-7-9-19)10-12-29-24(34)22-14-21(16-28-17-22)20-11-13-33-23(15-20)30-25(32-33)31-26(35)36-27(2,3)4/h5-9,11,13-18H,10,12H2,1-4H3,(H,29,34)(H,31,32,35). The van der Waals surface area contributed by atoms with E-state index in [2.05, 4.69) is 44.8 Å². The molecule has 4 rings (SSSR count). The van der Waals surface area contributed by atoms with Crippen LogP contribution >= 0.6 is 0 Å². The van der Waals surface area contributed by atoms with Crippen molar-refractivity contribution in [2.75, 3.05) is 11.9 Å². The van der Waals surface area contributed by atoms with Crippen molar-refractivity contribution in [2.24, 2.45) is 0 Å². The van der Waals surface area contributed by atoms with Crippen LogP contribution in [0.15, 0.2) is 67.1 Å². The molecule has 1 atom stereocenters. The number of hydrogen-bond donors (Lipinski definition) is 2. The molecule has 1 aromatic carbocycles. The normalized spacial score (nSPS) is 12.2. The van der Waals surface area contributed by atoms with Crippen molar-refractivity contribution in [2.45, 2.75) is 45.6 Å². The van der Waals surface area contributed by atoms with Gasteiger partial charge in [-0.2, -0.15) is 4.98 Å². The second-order valence-electron chi connectivity index (χ2n) is 9.60. The van der Waals surface area contributed by atoms with Gasteiger partial charge in [0.05, 0.1) is 5.56 Å². The Bertz CT molecular complexity index is 1360. The van der Waals surface area contributed by atoms with E-state index in [1.54, 1.807) is 49.9 Å². The lowest BCUT2D eigenvalue weighted by atomic mass is 9.98. The summed E-state index contributed by atoms with van der Waals surface area (Å²) < 4.78 is 6.79. The van der Waals surface area contributed by atoms with Gasteiger partial charge >= 0.3 is 6.09 Å². The highest BCUT2D eigenvalue weighted by atomic mass is 16.6. The number of fused-ring (bicyclic) bond motifs is 1. The molecule has 0 saturated heterocycles. The number of carbonyl (C=O) groups is 2. The van der Waals surface area contributed by atoms with Gasteiger partial charge in [0.25, 0.3) is 11.9 Å². The molecule has 0 radical (unpaired) electrons. The highest BCUT2D eigenvalue weighted by Crippen LogP contribution is 2.22. The molecule has 186 valence electrons. The smallest absolute Gasteiger partial charge is 0.414 e. The topological polar surface area (TPSA) is 111 Å². The minimum absolute atomic E-state index is 0.136. The summed E-state index contributed by atoms with van der Waals surface area (Å²) in [4.78, 5) is 33.3. The molecular weight excluding hydrogens is 456 g/mol. The monoisotopic (exact) mass is 486 g/mol. The van der Waals surface area contributed by atoms with Crippen LogP contribution in [0.25, 0.3) is 16.8 Å². The Morgan fingerprint density at radius 1 is 1.06 bits per heavy atom. The van der Waals surface area contributed by atoms with E-state index >= 15 is 0 Å². The summed E-state index contributed by atoms with van der Waals surface area (Å²) in [6, 6.07) is 15.7. The fourth-order valence-corrected chi connectivity index (χ4v) is 3.68. The highest BCUT2D eigenvalue weighted by molar-refractivity contribution is 5.95. The zero-order valence-corrected chi connectivity index (χ0v) is 20.9. The molecule has 0 bridgehead atoms. The van der Waals surface area contributed by atoms with E-state index in [1.807, 2.05) is 30.3 Å². The average molecular weight is 487 g/mol. The van der Waals surface area contributed by atoms with E-state index in [0.29, 0.717) is 23.7 Å². The van der Waals surface area contributed by atoms with E-state index < -0.39 is 11.7 Å². The van der Waals surface area contributed by atoms with E-state index in [1.165, 1.54) is 5.56 Å². The summed E-state index contributed by atoms with van der Waals surface area (Å²) in [5, 5.41) is 9.77. The molecule has 4 aromatic rings. The maximum atomic E-state index is 12.7. The minimum atomic E-state index is -0.625. The van der Waals surface area contributed by atoms with Gasteiger partial charge < -0.3 is 10.1 Å². The number of hydrogen-bond acceptors (Lipinski definition) is 6. The van der Waals surface area contributed by atoms with Crippen molar-refractivity contribution in [3.63, 3.8) is 0 Å². The first-order valence-corrected chi connectivity index (χ1v) is 11.8. The number of benzene rings is 1. The number of carbonyl (C=O) groups excluding carboxylic acids is 2. The fraction of sp³-hybridized carbons (Fsp3) is 0.296. The summed E-state index contributed by atoms with van der Waals surface area (Å²) in [6.45, 7) is 8.06. The van der Waals surface area contributed by atoms with Crippen LogP contribution in [-0.2, 0) is 4.74 Å². The summed E-state index contributed by atoms with van der Waals surface area (Å²) in [5.74, 6) is 0.315. The molecule has 9 heteroatoms. The van der Waals surface area contributed by atoms with Crippen LogP contribution in [0.5, 0.6) is 0 Å². The predicted molar refractivity (Wildman–Crippen MR) is 138 cm³/mol. The van der Waals surface area contributed by atoms with Crippen LogP contribution in [-0.4, -0.2) is 43.7 Å². The van der Waals surface area contributed by atoms with Gasteiger partial charge in [-0.3, -0.25) is 15.1 Å². The largest absolute Gasteiger partial charge is 0.444 e. The molecule has 0 aliphatic carbocycles. The van der Waals surface area contributed by atoms with Crippen molar-refractivity contribution in [3.8, 4) is 11.1 Å². The summed E-state index contributed by atoms with van der Waals surface area (Å²) >= 11 is 0. The predicted octanol–water partition coefficient (Wildman–Crippen LogP) is 5.06. The zero-order valence-electron chi connectivity index (χ0n) is 20.9. The number of aromatic nitrogens is 4. The third kappa shape index (κ3) is 6.44. The third-order valence-electron chi connectivity index (χ3n) is 5.52. The first kappa shape index (κ1) is 24.8. The minimum Gasteiger partial charge on any atom is -0.444 e. The van der Waals surface area contributed by atoms with Gasteiger partial charge in [0.2, 0.25) is 0 Å². The van der Waals surface area contributed by atoms with Gasteiger partial charge in [-0.25, -0.2) is 9.31 Å². The van der Waals surface area contributed by atoms with Gasteiger partial charge in [0.15, 0.2) is 5.65 Å². The van der Waals surface area contributed by atoms with Gasteiger partial charge in [-0.15, -0.1) is 5.10 Å². The molecule has 9 nitrogen and oxygen atoms in total. The molecule has 2 amide bonds. The lowest BCUT2D eigenvalue weighted by Gasteiger charge is -2.18. The van der Waals surface area contributed by atoms with Crippen LogP contribution in [0.2, 0.25) is 0 Å². The van der Waals surface area contributed by atoms with Gasteiger partial charge in [0, 0.05) is 30.7 Å². The third-order valence-corrected chi connectivity index (χ3v) is 5.52. The molecule has 0 spiro atoms. The Kier molecular flexibility index (Phi) is 7.28. The number of pyridine rings is 2. The SMILES string of the molecule is CC(CCNC(=O)c1cncc(-c2ccn3nc(NC(=O)OC(C)(C)C)nc3c2)c1)c1ccccc1. The molecule has 0 aliphatic heterocycles. The van der Waals surface area contributed by atoms with Gasteiger partial charge in [-0.1, -0.05) is 37.3 Å². The quantitative estimate of drug-likeness (QED) is 0.378. The van der Waals surface area contributed by atoms with Gasteiger partial charge in [-0.05, 0) is 62.4 Å². The van der Waals surface area contributed by atoms with Crippen LogP contribution in [0.4, 0.5) is 10.7 Å². The molecular formula is C27H30N6O3. The molecule has 0 aliphatic rings. The molecule has 2 N–H and O–H groups in total. The molecule has 0 fully saturated rings. The lowest BCUT2D eigenvalue weighted by Crippen LogP contribution is -2.27. The van der Waals surface area contributed by atoms with E-state index in [9.17, 15) is 9.59 Å². The molecule has 0 saturated carbocycles. The second kappa shape index (κ2) is 10.6. The molecule has 36 heavy (non-hydrogen) atoms. The second-order valence-corrected chi connectivity index (χ2v) is 9.60. The van der Waals surface area contributed by atoms with Gasteiger partial charge in [0.1, 0.15) is 5.60 Å². The van der Waals surface area contributed by atoms with Crippen molar-refractivity contribution in [1.29, 1.82) is 0 Å². The summed E-state index contributed by atoms with van der Waals surface area (Å²) in [6.07, 6.45) is 5.19. The highest BCUT2D eigenvalue weighted by Gasteiger charge is 2.18. The lowest BCUT2D eigenvalue weighted by molar-refractivity contribution is 0.0634. The van der Waals surface area contributed by atoms with E-state index in [4.69, 9.17) is 4.74 Å².